The topological polar surface area (TPSA) is 228 Å². The molecule has 8 aromatic carbocycles. The quantitative estimate of drug-likeness (QED) is 0.0355. The van der Waals surface area contributed by atoms with Crippen molar-refractivity contribution in [2.24, 2.45) is 0 Å². The van der Waals surface area contributed by atoms with Crippen molar-refractivity contribution >= 4 is 80.2 Å². The number of carbonyl (C=O) groups is 2. The van der Waals surface area contributed by atoms with E-state index >= 15 is 0 Å². The summed E-state index contributed by atoms with van der Waals surface area (Å²) in [6, 6.07) is 57.8. The van der Waals surface area contributed by atoms with Crippen LogP contribution in [0.4, 0.5) is 30.2 Å². The van der Waals surface area contributed by atoms with Crippen molar-refractivity contribution in [2.75, 3.05) is 89.6 Å². The van der Waals surface area contributed by atoms with Gasteiger partial charge in [-0.2, -0.15) is 13.2 Å². The number of thiazole rings is 3. The average molecular weight is 1700 g/mol. The number of fused-ring (bicyclic) bond motifs is 3. The summed E-state index contributed by atoms with van der Waals surface area (Å²) >= 11 is 10.6. The number of nitrogens with one attached hydrogen (secondary N) is 1. The molecule has 0 saturated carbocycles. The number of para-hydroxylation sites is 2. The summed E-state index contributed by atoms with van der Waals surface area (Å²) in [6.07, 6.45) is -2.77. The van der Waals surface area contributed by atoms with E-state index in [0.717, 1.165) is 115 Å². The van der Waals surface area contributed by atoms with Gasteiger partial charge in [0.1, 0.15) is 37.9 Å². The Kier molecular flexibility index (Phi) is 26.8. The third kappa shape index (κ3) is 21.9. The third-order valence-electron chi connectivity index (χ3n) is 20.6. The molecule has 31 heteroatoms. The molecular weight excluding hydrogens is 1620 g/mol. The van der Waals surface area contributed by atoms with E-state index in [9.17, 15) is 32.9 Å². The zero-order chi connectivity index (χ0) is 83.1. The Balaban J connectivity index is 0.000000141. The van der Waals surface area contributed by atoms with Crippen molar-refractivity contribution in [2.45, 2.75) is 78.5 Å². The molecule has 24 nitrogen and oxygen atoms in total. The van der Waals surface area contributed by atoms with E-state index in [1.807, 2.05) is 112 Å². The minimum atomic E-state index is -4.43. The summed E-state index contributed by atoms with van der Waals surface area (Å²) in [5.74, 6) is 5.85. The van der Waals surface area contributed by atoms with E-state index in [1.165, 1.54) is 63.6 Å². The number of nitro benzene ring substituents is 1. The number of nitro groups is 1. The lowest BCUT2D eigenvalue weighted by Gasteiger charge is -2.36. The molecule has 5 aliphatic heterocycles. The smallest absolute Gasteiger partial charge is 0.416 e. The van der Waals surface area contributed by atoms with E-state index in [2.05, 4.69) is 91.9 Å². The number of aryl methyl sites for hydroxylation is 1. The Morgan fingerprint density at radius 1 is 0.517 bits per heavy atom. The number of non-ortho nitro benzene ring substituents is 1. The van der Waals surface area contributed by atoms with Crippen LogP contribution in [0.3, 0.4) is 0 Å². The number of aromatic nitrogens is 3. The highest BCUT2D eigenvalue weighted by Gasteiger charge is 2.32. The molecule has 2 saturated heterocycles. The number of hydrogen-bond donors (Lipinski definition) is 1. The minimum Gasteiger partial charge on any atom is -0.495 e. The van der Waals surface area contributed by atoms with Gasteiger partial charge in [-0.3, -0.25) is 34.4 Å². The fraction of sp³-hybridized carbons (Fsp3) is 0.270. The van der Waals surface area contributed by atoms with Gasteiger partial charge in [0, 0.05) is 131 Å². The van der Waals surface area contributed by atoms with Crippen LogP contribution in [0.15, 0.2) is 221 Å². The Morgan fingerprint density at radius 2 is 0.958 bits per heavy atom. The number of nitrogens with zero attached hydrogens (tertiary/aromatic N) is 11. The molecule has 0 bridgehead atoms. The highest BCUT2D eigenvalue weighted by molar-refractivity contribution is 7.10. The maximum atomic E-state index is 13.4. The summed E-state index contributed by atoms with van der Waals surface area (Å²) in [5, 5.41) is 23.2. The molecule has 620 valence electrons. The molecule has 0 radical (unpaired) electrons. The number of anilines is 2. The molecule has 0 aliphatic carbocycles. The Morgan fingerprint density at radius 3 is 1.43 bits per heavy atom. The molecule has 0 spiro atoms. The Labute approximate surface area is 708 Å². The van der Waals surface area contributed by atoms with Crippen molar-refractivity contribution in [1.29, 1.82) is 0 Å². The van der Waals surface area contributed by atoms with Gasteiger partial charge in [-0.1, -0.05) is 109 Å². The van der Waals surface area contributed by atoms with Gasteiger partial charge in [-0.05, 0) is 131 Å². The fourth-order valence-electron chi connectivity index (χ4n) is 14.4. The molecule has 5 aliphatic rings. The average Bonchev–Trinajstić information content (AvgIpc) is 1.04. The summed E-state index contributed by atoms with van der Waals surface area (Å²) in [7, 11) is 1.65. The number of halogens is 4. The zero-order valence-corrected chi connectivity index (χ0v) is 69.0. The molecule has 2 fully saturated rings. The van der Waals surface area contributed by atoms with Crippen LogP contribution in [0.2, 0.25) is 5.02 Å². The molecule has 120 heavy (non-hydrogen) atoms. The van der Waals surface area contributed by atoms with Crippen molar-refractivity contribution in [3.8, 4) is 40.2 Å². The van der Waals surface area contributed by atoms with Gasteiger partial charge in [0.05, 0.1) is 67.1 Å². The van der Waals surface area contributed by atoms with Gasteiger partial charge in [-0.15, -0.1) is 34.0 Å². The van der Waals surface area contributed by atoms with Gasteiger partial charge in [-0.25, -0.2) is 15.0 Å². The van der Waals surface area contributed by atoms with Crippen molar-refractivity contribution in [3.05, 3.63) is 315 Å². The van der Waals surface area contributed by atoms with Crippen LogP contribution in [0.25, 0.3) is 5.70 Å². The number of benzene rings is 8. The number of alkyl halides is 3. The molecule has 2 amide bonds. The molecule has 9 heterocycles. The summed E-state index contributed by atoms with van der Waals surface area (Å²) in [5.41, 5.74) is 11.1. The fourth-order valence-corrected chi connectivity index (χ4v) is 17.0. The van der Waals surface area contributed by atoms with Crippen LogP contribution in [-0.2, 0) is 71.6 Å². The normalized spacial score (nSPS) is 13.9. The van der Waals surface area contributed by atoms with Gasteiger partial charge >= 0.3 is 6.18 Å². The molecule has 17 rings (SSSR count). The van der Waals surface area contributed by atoms with Crippen LogP contribution in [0.5, 0.6) is 40.2 Å². The number of carbonyl (C=O) groups excluding carboxylic acids is 2. The van der Waals surface area contributed by atoms with E-state index in [4.69, 9.17) is 59.1 Å². The van der Waals surface area contributed by atoms with Crippen molar-refractivity contribution in [1.82, 2.24) is 44.8 Å². The van der Waals surface area contributed by atoms with E-state index in [1.54, 1.807) is 53.2 Å². The minimum absolute atomic E-state index is 0.0679. The highest BCUT2D eigenvalue weighted by atomic mass is 35.5. The van der Waals surface area contributed by atoms with Crippen LogP contribution in [0.1, 0.15) is 92.0 Å². The largest absolute Gasteiger partial charge is 0.495 e. The summed E-state index contributed by atoms with van der Waals surface area (Å²) < 4.78 is 84.1. The highest BCUT2D eigenvalue weighted by Crippen LogP contribution is 2.38. The monoisotopic (exact) mass is 1700 g/mol. The predicted molar refractivity (Wildman–Crippen MR) is 454 cm³/mol. The first-order valence-corrected chi connectivity index (χ1v) is 41.9. The molecule has 4 aromatic heterocycles. The van der Waals surface area contributed by atoms with Crippen LogP contribution in [0, 0.1) is 17.0 Å². The first kappa shape index (κ1) is 83.0. The number of methoxy groups -OCH3 is 1. The third-order valence-corrected chi connectivity index (χ3v) is 23.3. The van der Waals surface area contributed by atoms with Gasteiger partial charge in [0.15, 0.2) is 34.5 Å². The number of piperazine rings is 2. The number of rotatable bonds is 28. The van der Waals surface area contributed by atoms with Gasteiger partial charge in [0.25, 0.3) is 17.5 Å². The second kappa shape index (κ2) is 38.8. The Bertz CT molecular complexity index is 5510. The first-order valence-electron chi connectivity index (χ1n) is 38.8. The van der Waals surface area contributed by atoms with Crippen molar-refractivity contribution < 1.29 is 65.3 Å². The second-order valence-corrected chi connectivity index (χ2v) is 32.4. The molecule has 0 unspecified atom stereocenters. The lowest BCUT2D eigenvalue weighted by molar-refractivity contribution is -0.384. The Hall–Kier alpha value is -12.0. The molecule has 0 atom stereocenters. The maximum Gasteiger partial charge on any atom is 0.416 e. The number of ether oxygens (including phenoxy) is 7. The van der Waals surface area contributed by atoms with Gasteiger partial charge < -0.3 is 62.5 Å². The van der Waals surface area contributed by atoms with E-state index < -0.39 is 16.7 Å². The molecular formula is C89H86ClF3N12O12S3. The van der Waals surface area contributed by atoms with E-state index in [0.29, 0.717) is 125 Å². The summed E-state index contributed by atoms with van der Waals surface area (Å²) in [4.78, 5) is 66.1. The van der Waals surface area contributed by atoms with Crippen LogP contribution < -0.4 is 48.3 Å². The van der Waals surface area contributed by atoms with Gasteiger partial charge in [0.2, 0.25) is 20.4 Å². The molecule has 1 N–H and O–H groups in total. The molecule has 12 aromatic rings. The number of amides is 2. The maximum absolute atomic E-state index is 13.4. The zero-order valence-electron chi connectivity index (χ0n) is 65.8. The lowest BCUT2D eigenvalue weighted by atomic mass is 10.1. The van der Waals surface area contributed by atoms with E-state index in [-0.39, 0.29) is 44.4 Å². The standard InChI is InChI=1S/C32H31F3N4O4S.C31H31N5O5S.C26H24ClN3O3S/c1-41-27-8-3-2-7-26(27)38-11-13-39(14-12-38)31(40)25-20-44-30(36-25)19-37(17-22-5-4-6-24(15-22)32(33,34)35)18-23-9-10-28-29(16-23)43-21-42-28;1-22-2-4-23(5-3-22)17-33(18-24-6-11-28-29(16-24)41-21-40-28)19-30-32-27(20-42-30)31(37)35-14-12-34(13-15-35)25-7-9-26(10-8-25)36(38)39;1-18(28-12-22-3-2-10-31-22)23-16-34-26(29-23)15-30(13-19-4-7-21(27)8-5-19)14-20-6-9-24-25(11-20)33-17-32-24/h2-10,15-16,20H,11-14,17-19,21H2,1H3;2-11,16,20H,12-15,17-19,21H2,1H3;2-11,16,28H,1,12-15,17H2. The van der Waals surface area contributed by atoms with Crippen LogP contribution in [-0.4, -0.2) is 136 Å². The van der Waals surface area contributed by atoms with Crippen LogP contribution >= 0.6 is 45.6 Å². The number of hydrogen-bond acceptors (Lipinski definition) is 24. The summed E-state index contributed by atoms with van der Waals surface area (Å²) in [6.45, 7) is 17.6. The predicted octanol–water partition coefficient (Wildman–Crippen LogP) is 17.4. The van der Waals surface area contributed by atoms with Crippen molar-refractivity contribution in [3.63, 3.8) is 0 Å². The lowest BCUT2D eigenvalue weighted by Crippen LogP contribution is -2.49. The number of furan rings is 1. The first-order chi connectivity index (χ1) is 58.3. The second-order valence-electron chi connectivity index (χ2n) is 29.1. The SMILES string of the molecule is C=C(NCc1ccco1)c1csc(CN(Cc2ccc(Cl)cc2)Cc2ccc3c(c2)OCO3)n1.COc1ccccc1N1CCN(C(=O)c2csc(CN(Cc3cccc(C(F)(F)F)c3)Cc3ccc4c(c3)OCO4)n2)CC1.Cc1ccc(CN(Cc2ccc3c(c2)OCO3)Cc2nc(C(=O)N3CCN(c4ccc([N+](=O)[O-])cc4)CC3)cs2)cc1.